The van der Waals surface area contributed by atoms with Gasteiger partial charge in [0, 0.05) is 33.2 Å². The fourth-order valence-electron chi connectivity index (χ4n) is 8.35. The summed E-state index contributed by atoms with van der Waals surface area (Å²) in [6, 6.07) is 72.9. The molecule has 0 aliphatic heterocycles. The fourth-order valence-corrected chi connectivity index (χ4v) is 8.35. The molecule has 4 heteroatoms. The van der Waals surface area contributed by atoms with Crippen molar-refractivity contribution in [2.75, 3.05) is 0 Å². The highest BCUT2D eigenvalue weighted by Crippen LogP contribution is 2.39. The van der Waals surface area contributed by atoms with Crippen LogP contribution in [0.1, 0.15) is 0 Å². The van der Waals surface area contributed by atoms with Gasteiger partial charge in [0.25, 0.3) is 0 Å². The lowest BCUT2D eigenvalue weighted by atomic mass is 9.92. The Morgan fingerprint density at radius 2 is 0.719 bits per heavy atom. The van der Waals surface area contributed by atoms with Gasteiger partial charge >= 0.3 is 0 Å². The Morgan fingerprint density at radius 3 is 1.30 bits per heavy atom. The minimum Gasteiger partial charge on any atom is -0.309 e. The van der Waals surface area contributed by atoms with Crippen molar-refractivity contribution in [2.24, 2.45) is 0 Å². The van der Waals surface area contributed by atoms with Crippen LogP contribution in [0.3, 0.4) is 0 Å². The topological polar surface area (TPSA) is 43.6 Å². The van der Waals surface area contributed by atoms with Crippen LogP contribution in [0.25, 0.3) is 105 Å². The first kappa shape index (κ1) is 32.7. The second-order valence-corrected chi connectivity index (χ2v) is 14.4. The second-order valence-electron chi connectivity index (χ2n) is 14.4. The summed E-state index contributed by atoms with van der Waals surface area (Å²) in [5.41, 5.74) is 11.1. The first-order valence-electron chi connectivity index (χ1n) is 19.3. The van der Waals surface area contributed by atoms with Gasteiger partial charge in [-0.05, 0) is 68.1 Å². The third-order valence-electron chi connectivity index (χ3n) is 11.1. The normalized spacial score (nSPS) is 11.5. The van der Waals surface area contributed by atoms with Crippen molar-refractivity contribution < 1.29 is 0 Å². The Balaban J connectivity index is 0.957. The summed E-state index contributed by atoms with van der Waals surface area (Å²) in [4.78, 5) is 14.7. The molecule has 2 heterocycles. The molecule has 0 radical (unpaired) electrons. The van der Waals surface area contributed by atoms with Crippen LogP contribution in [-0.4, -0.2) is 19.5 Å². The maximum absolute atomic E-state index is 4.94. The monoisotopic (exact) mass is 726 g/mol. The van der Waals surface area contributed by atoms with E-state index in [-0.39, 0.29) is 0 Å². The SMILES string of the molecule is c1ccc(-c2nc(-c3ccccc3)nc(-c3ccc(-c4ccc(-c5ccc(-n6c7ccccc7c7c8ccccc8ccc76)cc5)c5ccccc45)cc3)n2)cc1. The minimum absolute atomic E-state index is 0.646. The van der Waals surface area contributed by atoms with Gasteiger partial charge in [-0.15, -0.1) is 0 Å². The van der Waals surface area contributed by atoms with Crippen LogP contribution in [0, 0.1) is 0 Å². The Bertz CT molecular complexity index is 3200. The maximum Gasteiger partial charge on any atom is 0.164 e. The summed E-state index contributed by atoms with van der Waals surface area (Å²) in [5, 5.41) is 7.52. The molecule has 11 aromatic rings. The van der Waals surface area contributed by atoms with E-state index in [9.17, 15) is 0 Å². The Labute approximate surface area is 330 Å². The van der Waals surface area contributed by atoms with E-state index in [1.165, 1.54) is 60.0 Å². The number of fused-ring (bicyclic) bond motifs is 6. The van der Waals surface area contributed by atoms with Crippen LogP contribution < -0.4 is 0 Å². The van der Waals surface area contributed by atoms with Crippen molar-refractivity contribution in [2.45, 2.75) is 0 Å². The van der Waals surface area contributed by atoms with Crippen molar-refractivity contribution in [3.05, 3.63) is 206 Å². The Hall–Kier alpha value is -7.69. The van der Waals surface area contributed by atoms with Crippen LogP contribution in [-0.2, 0) is 0 Å². The molecule has 0 saturated heterocycles. The summed E-state index contributed by atoms with van der Waals surface area (Å²) in [6.07, 6.45) is 0. The number of benzene rings is 9. The highest BCUT2D eigenvalue weighted by Gasteiger charge is 2.16. The lowest BCUT2D eigenvalue weighted by Crippen LogP contribution is -2.00. The van der Waals surface area contributed by atoms with E-state index in [1.807, 2.05) is 60.7 Å². The smallest absolute Gasteiger partial charge is 0.164 e. The number of nitrogens with zero attached hydrogens (tertiary/aromatic N) is 4. The number of hydrogen-bond donors (Lipinski definition) is 0. The molecule has 57 heavy (non-hydrogen) atoms. The minimum atomic E-state index is 0.646. The summed E-state index contributed by atoms with van der Waals surface area (Å²) < 4.78 is 2.40. The molecule has 0 spiro atoms. The van der Waals surface area contributed by atoms with Gasteiger partial charge < -0.3 is 4.57 Å². The van der Waals surface area contributed by atoms with E-state index < -0.39 is 0 Å². The van der Waals surface area contributed by atoms with Gasteiger partial charge in [0.1, 0.15) is 0 Å². The van der Waals surface area contributed by atoms with Crippen molar-refractivity contribution in [3.8, 4) is 62.1 Å². The van der Waals surface area contributed by atoms with E-state index in [0.717, 1.165) is 27.9 Å². The predicted molar refractivity (Wildman–Crippen MR) is 236 cm³/mol. The van der Waals surface area contributed by atoms with Crippen LogP contribution in [0.5, 0.6) is 0 Å². The zero-order valence-corrected chi connectivity index (χ0v) is 30.9. The quantitative estimate of drug-likeness (QED) is 0.171. The van der Waals surface area contributed by atoms with E-state index in [1.54, 1.807) is 0 Å². The fraction of sp³-hybridized carbons (Fsp3) is 0. The van der Waals surface area contributed by atoms with E-state index >= 15 is 0 Å². The molecular formula is C53H34N4. The molecule has 0 fully saturated rings. The molecule has 11 rings (SSSR count). The molecular weight excluding hydrogens is 693 g/mol. The van der Waals surface area contributed by atoms with Crippen LogP contribution in [0.15, 0.2) is 206 Å². The van der Waals surface area contributed by atoms with Crippen LogP contribution in [0.4, 0.5) is 0 Å². The molecule has 0 saturated carbocycles. The average Bonchev–Trinajstić information content (AvgIpc) is 3.64. The largest absolute Gasteiger partial charge is 0.309 e. The van der Waals surface area contributed by atoms with Gasteiger partial charge in [-0.25, -0.2) is 15.0 Å². The number of aromatic nitrogens is 4. The maximum atomic E-state index is 4.94. The zero-order chi connectivity index (χ0) is 37.7. The molecule has 9 aromatic carbocycles. The number of rotatable bonds is 6. The van der Waals surface area contributed by atoms with Crippen molar-refractivity contribution in [1.29, 1.82) is 0 Å². The van der Waals surface area contributed by atoms with Gasteiger partial charge in [-0.2, -0.15) is 0 Å². The summed E-state index contributed by atoms with van der Waals surface area (Å²) in [6.45, 7) is 0. The van der Waals surface area contributed by atoms with Crippen LogP contribution >= 0.6 is 0 Å². The molecule has 0 atom stereocenters. The summed E-state index contributed by atoms with van der Waals surface area (Å²) >= 11 is 0. The van der Waals surface area contributed by atoms with Crippen molar-refractivity contribution in [3.63, 3.8) is 0 Å². The van der Waals surface area contributed by atoms with E-state index in [2.05, 4.69) is 150 Å². The van der Waals surface area contributed by atoms with Crippen molar-refractivity contribution >= 4 is 43.4 Å². The first-order chi connectivity index (χ1) is 28.3. The van der Waals surface area contributed by atoms with Gasteiger partial charge in [0.15, 0.2) is 17.5 Å². The number of para-hydroxylation sites is 1. The molecule has 0 unspecified atom stereocenters. The van der Waals surface area contributed by atoms with Crippen LogP contribution in [0.2, 0.25) is 0 Å². The molecule has 0 aliphatic carbocycles. The lowest BCUT2D eigenvalue weighted by Gasteiger charge is -2.14. The van der Waals surface area contributed by atoms with E-state index in [4.69, 9.17) is 15.0 Å². The lowest BCUT2D eigenvalue weighted by molar-refractivity contribution is 1.07. The highest BCUT2D eigenvalue weighted by atomic mass is 15.0. The van der Waals surface area contributed by atoms with Gasteiger partial charge in [0.2, 0.25) is 0 Å². The van der Waals surface area contributed by atoms with E-state index in [0.29, 0.717) is 17.5 Å². The first-order valence-corrected chi connectivity index (χ1v) is 19.3. The average molecular weight is 727 g/mol. The number of hydrogen-bond acceptors (Lipinski definition) is 3. The second kappa shape index (κ2) is 13.6. The third kappa shape index (κ3) is 5.66. The standard InChI is InChI=1S/C53H34N4/c1-3-14-38(15-4-1)51-54-52(39-16-5-2-6-17-39)56-53(55-51)40-25-23-36(24-26-40)42-32-33-43(46-20-10-9-19-45(42)46)37-27-30-41(31-28-37)57-48-22-12-11-21-47(48)50-44-18-8-7-13-35(44)29-34-49(50)57/h1-34H. The summed E-state index contributed by atoms with van der Waals surface area (Å²) in [5.74, 6) is 1.95. The Kier molecular flexibility index (Phi) is 7.78. The molecule has 0 N–H and O–H groups in total. The Morgan fingerprint density at radius 1 is 0.281 bits per heavy atom. The van der Waals surface area contributed by atoms with Gasteiger partial charge in [-0.3, -0.25) is 0 Å². The molecule has 4 nitrogen and oxygen atoms in total. The molecule has 0 amide bonds. The molecule has 266 valence electrons. The molecule has 2 aromatic heterocycles. The summed E-state index contributed by atoms with van der Waals surface area (Å²) in [7, 11) is 0. The molecule has 0 bridgehead atoms. The van der Waals surface area contributed by atoms with Crippen molar-refractivity contribution in [1.82, 2.24) is 19.5 Å². The highest BCUT2D eigenvalue weighted by molar-refractivity contribution is 6.21. The third-order valence-corrected chi connectivity index (χ3v) is 11.1. The van der Waals surface area contributed by atoms with Gasteiger partial charge in [-0.1, -0.05) is 182 Å². The van der Waals surface area contributed by atoms with Gasteiger partial charge in [0.05, 0.1) is 11.0 Å². The predicted octanol–water partition coefficient (Wildman–Crippen LogP) is 13.6. The zero-order valence-electron chi connectivity index (χ0n) is 30.9. The molecule has 0 aliphatic rings.